The quantitative estimate of drug-likeness (QED) is 0.510. The van der Waals surface area contributed by atoms with Gasteiger partial charge in [-0.05, 0) is 55.0 Å². The van der Waals surface area contributed by atoms with E-state index in [2.05, 4.69) is 10.2 Å². The van der Waals surface area contributed by atoms with E-state index in [0.29, 0.717) is 5.41 Å². The molecule has 72 valence electrons. The van der Waals surface area contributed by atoms with Gasteiger partial charge >= 0.3 is 5.31 Å². The first-order valence-electron chi connectivity index (χ1n) is 4.97. The molecule has 3 rings (SSSR count). The van der Waals surface area contributed by atoms with Crippen LogP contribution in [0.4, 0.5) is 0 Å². The Kier molecular flexibility index (Phi) is 1.54. The molecule has 0 atom stereocenters. The van der Waals surface area contributed by atoms with Crippen molar-refractivity contribution in [3.8, 4) is 0 Å². The molecule has 2 saturated carbocycles. The van der Waals surface area contributed by atoms with Crippen molar-refractivity contribution in [3.63, 3.8) is 0 Å². The fraction of sp³-hybridized carbons (Fsp3) is 1.00. The lowest BCUT2D eigenvalue weighted by molar-refractivity contribution is 0.00962. The van der Waals surface area contributed by atoms with Crippen LogP contribution in [0.2, 0.25) is 0 Å². The molecule has 0 aromatic rings. The summed E-state index contributed by atoms with van der Waals surface area (Å²) in [5.74, 6) is 0.961. The molecule has 1 heterocycles. The topological polar surface area (TPSA) is 34.0 Å². The lowest BCUT2D eigenvalue weighted by atomic mass is 9.85. The summed E-state index contributed by atoms with van der Waals surface area (Å²) in [6.07, 6.45) is 6.72. The molecule has 0 saturated heterocycles. The van der Waals surface area contributed by atoms with Crippen LogP contribution in [0.3, 0.4) is 0 Å². The maximum atomic E-state index is 5.80. The Hall–Kier alpha value is -0.150. The van der Waals surface area contributed by atoms with Crippen molar-refractivity contribution in [2.24, 2.45) is 21.6 Å². The summed E-state index contributed by atoms with van der Waals surface area (Å²) < 4.78 is 5.48. The lowest BCUT2D eigenvalue weighted by Gasteiger charge is -2.26. The maximum absolute atomic E-state index is 5.80. The van der Waals surface area contributed by atoms with Gasteiger partial charge in [0.25, 0.3) is 0 Å². The van der Waals surface area contributed by atoms with E-state index in [1.165, 1.54) is 32.1 Å². The standard InChI is InChI=1S/C9H13ClN2O/c10-9(11-12-9)13-6-8-3-1-7(5-8)2-4-8/h7H,1-6H2. The third-order valence-corrected chi connectivity index (χ3v) is 3.97. The fourth-order valence-electron chi connectivity index (χ4n) is 2.86. The van der Waals surface area contributed by atoms with Gasteiger partial charge in [0, 0.05) is 0 Å². The highest BCUT2D eigenvalue weighted by atomic mass is 35.5. The van der Waals surface area contributed by atoms with Gasteiger partial charge in [-0.2, -0.15) is 0 Å². The first-order chi connectivity index (χ1) is 6.20. The number of hydrogen-bond acceptors (Lipinski definition) is 3. The molecule has 0 aromatic heterocycles. The number of rotatable bonds is 3. The van der Waals surface area contributed by atoms with Crippen LogP contribution in [-0.2, 0) is 4.74 Å². The van der Waals surface area contributed by atoms with Gasteiger partial charge in [-0.15, -0.1) is 10.2 Å². The first-order valence-corrected chi connectivity index (χ1v) is 5.35. The zero-order valence-corrected chi connectivity index (χ0v) is 8.26. The molecule has 0 amide bonds. The Morgan fingerprint density at radius 3 is 2.46 bits per heavy atom. The van der Waals surface area contributed by atoms with Gasteiger partial charge in [-0.25, -0.2) is 0 Å². The van der Waals surface area contributed by atoms with Crippen molar-refractivity contribution in [3.05, 3.63) is 0 Å². The second-order valence-corrected chi connectivity index (χ2v) is 5.16. The first kappa shape index (κ1) is 8.18. The van der Waals surface area contributed by atoms with Crippen LogP contribution in [0.1, 0.15) is 32.1 Å². The predicted octanol–water partition coefficient (Wildman–Crippen LogP) is 2.90. The summed E-state index contributed by atoms with van der Waals surface area (Å²) >= 11 is 5.80. The van der Waals surface area contributed by atoms with Gasteiger partial charge < -0.3 is 4.74 Å². The highest BCUT2D eigenvalue weighted by Gasteiger charge is 2.48. The molecule has 0 spiro atoms. The van der Waals surface area contributed by atoms with Gasteiger partial charge in [0.1, 0.15) is 0 Å². The summed E-state index contributed by atoms with van der Waals surface area (Å²) in [5, 5.41) is 6.31. The van der Waals surface area contributed by atoms with Crippen molar-refractivity contribution in [2.45, 2.75) is 37.4 Å². The SMILES string of the molecule is ClC1(OCC23CCC(CC2)C3)N=N1. The van der Waals surface area contributed by atoms with Gasteiger partial charge in [-0.1, -0.05) is 0 Å². The average Bonchev–Trinajstić information content (AvgIpc) is 2.65. The summed E-state index contributed by atoms with van der Waals surface area (Å²) in [5.41, 5.74) is 0.431. The van der Waals surface area contributed by atoms with E-state index in [1.807, 2.05) is 0 Å². The molecule has 0 aromatic carbocycles. The minimum atomic E-state index is -0.977. The minimum absolute atomic E-state index is 0.431. The molecule has 0 N–H and O–H groups in total. The molecule has 3 nitrogen and oxygen atoms in total. The van der Waals surface area contributed by atoms with Crippen molar-refractivity contribution >= 4 is 11.6 Å². The van der Waals surface area contributed by atoms with E-state index in [1.54, 1.807) is 0 Å². The number of halogens is 1. The van der Waals surface area contributed by atoms with E-state index in [-0.39, 0.29) is 0 Å². The van der Waals surface area contributed by atoms with E-state index < -0.39 is 5.31 Å². The van der Waals surface area contributed by atoms with Gasteiger partial charge in [0.15, 0.2) is 0 Å². The highest BCUT2D eigenvalue weighted by Crippen LogP contribution is 2.55. The van der Waals surface area contributed by atoms with Crippen LogP contribution in [0.15, 0.2) is 10.2 Å². The molecule has 2 aliphatic carbocycles. The average molecular weight is 201 g/mol. The number of hydrogen-bond donors (Lipinski definition) is 0. The highest BCUT2D eigenvalue weighted by molar-refractivity contribution is 6.23. The van der Waals surface area contributed by atoms with E-state index in [9.17, 15) is 0 Å². The number of ether oxygens (including phenoxy) is 1. The van der Waals surface area contributed by atoms with E-state index in [0.717, 1.165) is 12.5 Å². The molecule has 13 heavy (non-hydrogen) atoms. The molecule has 0 unspecified atom stereocenters. The maximum Gasteiger partial charge on any atom is 0.375 e. The van der Waals surface area contributed by atoms with Crippen LogP contribution in [0.5, 0.6) is 0 Å². The van der Waals surface area contributed by atoms with Crippen LogP contribution in [0, 0.1) is 11.3 Å². The zero-order valence-electron chi connectivity index (χ0n) is 7.50. The second kappa shape index (κ2) is 2.45. The molecule has 0 radical (unpaired) electrons. The summed E-state index contributed by atoms with van der Waals surface area (Å²) in [7, 11) is 0. The molecule has 1 aliphatic heterocycles. The van der Waals surface area contributed by atoms with Crippen molar-refractivity contribution in [1.82, 2.24) is 0 Å². The molecule has 3 aliphatic rings. The van der Waals surface area contributed by atoms with Crippen LogP contribution >= 0.6 is 11.6 Å². The Balaban J connectivity index is 1.59. The number of fused-ring (bicyclic) bond motifs is 2. The molecule has 2 fully saturated rings. The molecule has 2 bridgehead atoms. The van der Waals surface area contributed by atoms with E-state index in [4.69, 9.17) is 16.3 Å². The predicted molar refractivity (Wildman–Crippen MR) is 48.4 cm³/mol. The Morgan fingerprint density at radius 1 is 1.31 bits per heavy atom. The van der Waals surface area contributed by atoms with Gasteiger partial charge in [0.05, 0.1) is 6.61 Å². The Labute approximate surface area is 82.5 Å². The third kappa shape index (κ3) is 1.38. The monoisotopic (exact) mass is 200 g/mol. The van der Waals surface area contributed by atoms with Crippen molar-refractivity contribution in [2.75, 3.05) is 6.61 Å². The van der Waals surface area contributed by atoms with Gasteiger partial charge in [-0.3, -0.25) is 0 Å². The summed E-state index contributed by atoms with van der Waals surface area (Å²) in [4.78, 5) is 0. The number of alkyl halides is 1. The van der Waals surface area contributed by atoms with Crippen LogP contribution in [0.25, 0.3) is 0 Å². The van der Waals surface area contributed by atoms with Crippen LogP contribution in [-0.4, -0.2) is 11.9 Å². The lowest BCUT2D eigenvalue weighted by Crippen LogP contribution is -2.24. The normalized spacial score (nSPS) is 44.2. The minimum Gasteiger partial charge on any atom is -0.320 e. The summed E-state index contributed by atoms with van der Waals surface area (Å²) in [6.45, 7) is 0.750. The zero-order chi connectivity index (χ0) is 8.94. The Bertz CT molecular complexity index is 252. The summed E-state index contributed by atoms with van der Waals surface area (Å²) in [6, 6.07) is 0. The molecular weight excluding hydrogens is 188 g/mol. The largest absolute Gasteiger partial charge is 0.375 e. The van der Waals surface area contributed by atoms with E-state index >= 15 is 0 Å². The van der Waals surface area contributed by atoms with Crippen molar-refractivity contribution in [1.29, 1.82) is 0 Å². The van der Waals surface area contributed by atoms with Crippen LogP contribution < -0.4 is 0 Å². The fourth-order valence-corrected chi connectivity index (χ4v) is 2.95. The molecule has 4 heteroatoms. The second-order valence-electron chi connectivity index (χ2n) is 4.66. The number of nitrogens with zero attached hydrogens (tertiary/aromatic N) is 2. The smallest absolute Gasteiger partial charge is 0.320 e. The van der Waals surface area contributed by atoms with Crippen molar-refractivity contribution < 1.29 is 4.74 Å². The van der Waals surface area contributed by atoms with Gasteiger partial charge in [0.2, 0.25) is 0 Å². The third-order valence-electron chi connectivity index (χ3n) is 3.71. The molecular formula is C9H13ClN2O. The Morgan fingerprint density at radius 2 is 2.00 bits per heavy atom.